The zero-order valence-electron chi connectivity index (χ0n) is 14.8. The lowest BCUT2D eigenvalue weighted by Crippen LogP contribution is -2.59. The average molecular weight is 330 g/mol. The van der Waals surface area contributed by atoms with Gasteiger partial charge in [-0.3, -0.25) is 0 Å². The first kappa shape index (κ1) is 19.4. The highest BCUT2D eigenvalue weighted by Gasteiger charge is 2.56. The first-order chi connectivity index (χ1) is 10.3. The number of hydrogen-bond donors (Lipinski definition) is 0. The number of rotatable bonds is 6. The number of carbonyl (C=O) groups excluding carboxylic acids is 2. The van der Waals surface area contributed by atoms with Gasteiger partial charge in [-0.25, -0.2) is 9.59 Å². The van der Waals surface area contributed by atoms with Crippen LogP contribution in [0.2, 0.25) is 0 Å². The molecule has 0 aromatic heterocycles. The molecule has 0 spiro atoms. The third-order valence-electron chi connectivity index (χ3n) is 4.43. The molecule has 2 atom stereocenters. The van der Waals surface area contributed by atoms with Gasteiger partial charge in [-0.1, -0.05) is 27.4 Å². The van der Waals surface area contributed by atoms with E-state index in [-0.39, 0.29) is 11.0 Å². The highest BCUT2D eigenvalue weighted by molar-refractivity contribution is 5.87. The van der Waals surface area contributed by atoms with Crippen molar-refractivity contribution < 1.29 is 33.6 Å². The molecular formula is C16H26O7. The van der Waals surface area contributed by atoms with Crippen LogP contribution in [0, 0.1) is 5.41 Å². The minimum Gasteiger partial charge on any atom is -0.428 e. The van der Waals surface area contributed by atoms with E-state index < -0.39 is 29.8 Å². The first-order valence-corrected chi connectivity index (χ1v) is 7.47. The molecule has 132 valence electrons. The van der Waals surface area contributed by atoms with Crippen molar-refractivity contribution in [3.8, 4) is 0 Å². The van der Waals surface area contributed by atoms with Crippen LogP contribution in [0.25, 0.3) is 0 Å². The van der Waals surface area contributed by atoms with Crippen molar-refractivity contribution in [3.63, 3.8) is 0 Å². The van der Waals surface area contributed by atoms with Crippen LogP contribution in [0.1, 0.15) is 54.9 Å². The maximum atomic E-state index is 12.1. The predicted molar refractivity (Wildman–Crippen MR) is 81.0 cm³/mol. The largest absolute Gasteiger partial charge is 0.511 e. The van der Waals surface area contributed by atoms with Crippen molar-refractivity contribution in [2.24, 2.45) is 5.41 Å². The second kappa shape index (κ2) is 6.49. The summed E-state index contributed by atoms with van der Waals surface area (Å²) in [4.78, 5) is 33.0. The molecule has 0 saturated carbocycles. The van der Waals surface area contributed by atoms with Crippen molar-refractivity contribution >= 4 is 12.1 Å². The lowest BCUT2D eigenvalue weighted by Gasteiger charge is -2.43. The molecule has 0 aromatic rings. The van der Waals surface area contributed by atoms with Gasteiger partial charge in [0.1, 0.15) is 5.60 Å². The molecule has 0 bridgehead atoms. The molecule has 1 aliphatic rings. The molecular weight excluding hydrogens is 304 g/mol. The summed E-state index contributed by atoms with van der Waals surface area (Å²) in [5, 5.41) is 0. The predicted octanol–water partition coefficient (Wildman–Crippen LogP) is 3.48. The zero-order chi connectivity index (χ0) is 18.1. The van der Waals surface area contributed by atoms with Crippen LogP contribution >= 0.6 is 0 Å². The van der Waals surface area contributed by atoms with Gasteiger partial charge in [0.15, 0.2) is 0 Å². The summed E-state index contributed by atoms with van der Waals surface area (Å²) < 4.78 is 15.5. The van der Waals surface area contributed by atoms with Crippen LogP contribution in [-0.4, -0.2) is 29.8 Å². The van der Waals surface area contributed by atoms with E-state index in [2.05, 4.69) is 11.5 Å². The molecule has 0 radical (unpaired) electrons. The van der Waals surface area contributed by atoms with Crippen LogP contribution in [0.15, 0.2) is 12.2 Å². The van der Waals surface area contributed by atoms with Gasteiger partial charge in [0, 0.05) is 17.9 Å². The van der Waals surface area contributed by atoms with Crippen molar-refractivity contribution in [3.05, 3.63) is 12.2 Å². The number of carbonyl (C=O) groups is 2. The Bertz CT molecular complexity index is 495. The van der Waals surface area contributed by atoms with E-state index in [0.717, 1.165) is 6.42 Å². The van der Waals surface area contributed by atoms with Crippen molar-refractivity contribution in [2.45, 2.75) is 72.6 Å². The Labute approximate surface area is 136 Å². The Morgan fingerprint density at radius 3 is 2.22 bits per heavy atom. The number of esters is 1. The van der Waals surface area contributed by atoms with E-state index in [0.29, 0.717) is 0 Å². The number of hydrogen-bond acceptors (Lipinski definition) is 7. The molecule has 0 amide bonds. The zero-order valence-corrected chi connectivity index (χ0v) is 14.8. The molecule has 1 fully saturated rings. The van der Waals surface area contributed by atoms with Gasteiger partial charge in [-0.05, 0) is 27.2 Å². The van der Waals surface area contributed by atoms with E-state index >= 15 is 0 Å². The van der Waals surface area contributed by atoms with Gasteiger partial charge in [0.25, 0.3) is 0 Å². The van der Waals surface area contributed by atoms with Gasteiger partial charge in [-0.15, -0.1) is 0 Å². The SMILES string of the molecule is C=C(C)C(=O)OC1OOC1(C)OC(=O)OC(C)(C)C(C)(C)CC. The Morgan fingerprint density at radius 2 is 1.83 bits per heavy atom. The molecule has 7 nitrogen and oxygen atoms in total. The molecule has 1 heterocycles. The molecule has 7 heteroatoms. The van der Waals surface area contributed by atoms with Crippen LogP contribution in [0.5, 0.6) is 0 Å². The van der Waals surface area contributed by atoms with Crippen LogP contribution in [0.3, 0.4) is 0 Å². The lowest BCUT2D eigenvalue weighted by molar-refractivity contribution is -0.595. The van der Waals surface area contributed by atoms with E-state index in [9.17, 15) is 9.59 Å². The van der Waals surface area contributed by atoms with Crippen LogP contribution in [0.4, 0.5) is 4.79 Å². The van der Waals surface area contributed by atoms with Crippen molar-refractivity contribution in [1.82, 2.24) is 0 Å². The smallest absolute Gasteiger partial charge is 0.428 e. The van der Waals surface area contributed by atoms with Gasteiger partial charge >= 0.3 is 24.2 Å². The van der Waals surface area contributed by atoms with Gasteiger partial charge < -0.3 is 14.2 Å². The minimum absolute atomic E-state index is 0.191. The molecule has 1 saturated heterocycles. The Morgan fingerprint density at radius 1 is 1.26 bits per heavy atom. The van der Waals surface area contributed by atoms with E-state index in [1.807, 2.05) is 20.8 Å². The fourth-order valence-electron chi connectivity index (χ4n) is 1.57. The summed E-state index contributed by atoms with van der Waals surface area (Å²) in [5.74, 6) is -2.23. The standard InChI is InChI=1S/C16H26O7/c1-9-14(4,5)15(6,7)20-13(18)21-16(8)12(22-23-16)19-11(17)10(2)3/h12H,2,9H2,1,3-8H3. The topological polar surface area (TPSA) is 80.3 Å². The van der Waals surface area contributed by atoms with E-state index in [4.69, 9.17) is 19.1 Å². The Balaban J connectivity index is 2.66. The molecule has 0 aromatic carbocycles. The second-order valence-electron chi connectivity index (χ2n) is 6.91. The average Bonchev–Trinajstić information content (AvgIpc) is 2.41. The quantitative estimate of drug-likeness (QED) is 0.419. The van der Waals surface area contributed by atoms with Gasteiger partial charge in [0.2, 0.25) is 0 Å². The Kier molecular flexibility index (Phi) is 5.49. The number of ether oxygens (including phenoxy) is 3. The summed E-state index contributed by atoms with van der Waals surface area (Å²) in [5.41, 5.74) is -0.824. The monoisotopic (exact) mass is 330 g/mol. The maximum Gasteiger partial charge on any atom is 0.511 e. The molecule has 0 aliphatic carbocycles. The maximum absolute atomic E-state index is 12.1. The summed E-state index contributed by atoms with van der Waals surface area (Å²) in [6.45, 7) is 15.9. The highest BCUT2D eigenvalue weighted by atomic mass is 17.3. The summed E-state index contributed by atoms with van der Waals surface area (Å²) in [6, 6.07) is 0. The third-order valence-corrected chi connectivity index (χ3v) is 4.43. The molecule has 0 N–H and O–H groups in total. The highest BCUT2D eigenvalue weighted by Crippen LogP contribution is 2.38. The summed E-state index contributed by atoms with van der Waals surface area (Å²) in [7, 11) is 0. The second-order valence-corrected chi connectivity index (χ2v) is 6.91. The molecule has 1 rings (SSSR count). The Hall–Kier alpha value is -1.60. The summed E-state index contributed by atoms with van der Waals surface area (Å²) >= 11 is 0. The molecule has 2 unspecified atom stereocenters. The minimum atomic E-state index is -1.56. The normalized spacial score (nSPS) is 24.4. The van der Waals surface area contributed by atoms with Crippen molar-refractivity contribution in [2.75, 3.05) is 0 Å². The first-order valence-electron chi connectivity index (χ1n) is 7.47. The molecule has 23 heavy (non-hydrogen) atoms. The third kappa shape index (κ3) is 4.23. The molecule has 1 aliphatic heterocycles. The van der Waals surface area contributed by atoms with Crippen molar-refractivity contribution in [1.29, 1.82) is 0 Å². The van der Waals surface area contributed by atoms with Gasteiger partial charge in [0.05, 0.1) is 0 Å². The van der Waals surface area contributed by atoms with Crippen LogP contribution in [-0.2, 0) is 28.8 Å². The fraction of sp³-hybridized carbons (Fsp3) is 0.750. The van der Waals surface area contributed by atoms with Gasteiger partial charge in [-0.2, -0.15) is 9.78 Å². The fourth-order valence-corrected chi connectivity index (χ4v) is 1.57. The van der Waals surface area contributed by atoms with E-state index in [1.54, 1.807) is 13.8 Å². The summed E-state index contributed by atoms with van der Waals surface area (Å²) in [6.07, 6.45) is -1.30. The lowest BCUT2D eigenvalue weighted by atomic mass is 9.75. The van der Waals surface area contributed by atoms with Crippen LogP contribution < -0.4 is 0 Å². The van der Waals surface area contributed by atoms with E-state index in [1.165, 1.54) is 13.8 Å².